The molecule has 3 aromatic heterocycles. The fourth-order valence-corrected chi connectivity index (χ4v) is 3.66. The summed E-state index contributed by atoms with van der Waals surface area (Å²) < 4.78 is 20.8. The molecule has 0 bridgehead atoms. The van der Waals surface area contributed by atoms with Crippen molar-refractivity contribution in [2.75, 3.05) is 13.7 Å². The highest BCUT2D eigenvalue weighted by Crippen LogP contribution is 2.36. The molecular weight excluding hydrogens is 358 g/mol. The SMILES string of the molecule is CCOCc1[nH]n2c1Cc1c(-c3cc(C)no3)ncn1-c1ccc(OC)cc1-2. The average Bonchev–Trinajstić information content (AvgIpc) is 3.28. The van der Waals surface area contributed by atoms with Gasteiger partial charge in [0.05, 0.1) is 47.9 Å². The number of methoxy groups -OCH3 is 1. The fraction of sp³-hybridized carbons (Fsp3) is 0.300. The lowest BCUT2D eigenvalue weighted by molar-refractivity contribution is 0.126. The summed E-state index contributed by atoms with van der Waals surface area (Å²) in [7, 11) is 1.67. The number of benzene rings is 1. The molecule has 1 aliphatic rings. The van der Waals surface area contributed by atoms with Crippen LogP contribution in [0.5, 0.6) is 5.75 Å². The summed E-state index contributed by atoms with van der Waals surface area (Å²) >= 11 is 0. The molecule has 0 atom stereocenters. The van der Waals surface area contributed by atoms with Crippen molar-refractivity contribution in [3.05, 3.63) is 53.4 Å². The van der Waals surface area contributed by atoms with Crippen molar-refractivity contribution in [2.45, 2.75) is 26.9 Å². The maximum atomic E-state index is 5.63. The molecule has 0 aliphatic carbocycles. The third-order valence-electron chi connectivity index (χ3n) is 5.06. The molecule has 0 saturated heterocycles. The molecule has 0 amide bonds. The Bertz CT molecular complexity index is 1150. The predicted octanol–water partition coefficient (Wildman–Crippen LogP) is 3.40. The van der Waals surface area contributed by atoms with Gasteiger partial charge < -0.3 is 14.0 Å². The van der Waals surface area contributed by atoms with E-state index in [9.17, 15) is 0 Å². The Morgan fingerprint density at radius 2 is 2.11 bits per heavy atom. The molecule has 1 aliphatic heterocycles. The molecule has 0 unspecified atom stereocenters. The van der Waals surface area contributed by atoms with E-state index in [0.29, 0.717) is 25.4 Å². The van der Waals surface area contributed by atoms with Crippen molar-refractivity contribution in [2.24, 2.45) is 0 Å². The summed E-state index contributed by atoms with van der Waals surface area (Å²) in [6.45, 7) is 5.12. The molecule has 0 saturated carbocycles. The Balaban J connectivity index is 1.70. The number of aromatic nitrogens is 5. The Hall–Kier alpha value is -3.26. The number of rotatable bonds is 5. The number of nitrogens with zero attached hydrogens (tertiary/aromatic N) is 4. The lowest BCUT2D eigenvalue weighted by atomic mass is 10.1. The lowest BCUT2D eigenvalue weighted by Crippen LogP contribution is -2.20. The van der Waals surface area contributed by atoms with Gasteiger partial charge >= 0.3 is 0 Å². The largest absolute Gasteiger partial charge is 0.497 e. The van der Waals surface area contributed by atoms with E-state index in [-0.39, 0.29) is 0 Å². The van der Waals surface area contributed by atoms with Crippen LogP contribution in [0.4, 0.5) is 0 Å². The van der Waals surface area contributed by atoms with Crippen LogP contribution < -0.4 is 4.74 Å². The molecule has 8 heteroatoms. The molecule has 5 rings (SSSR count). The van der Waals surface area contributed by atoms with Gasteiger partial charge in [-0.15, -0.1) is 0 Å². The third-order valence-corrected chi connectivity index (χ3v) is 5.06. The molecule has 144 valence electrons. The number of ether oxygens (including phenoxy) is 2. The number of hydrogen-bond acceptors (Lipinski definition) is 5. The second kappa shape index (κ2) is 6.42. The van der Waals surface area contributed by atoms with E-state index in [1.54, 1.807) is 7.11 Å². The van der Waals surface area contributed by atoms with Crippen LogP contribution in [0.3, 0.4) is 0 Å². The van der Waals surface area contributed by atoms with Gasteiger partial charge in [-0.2, -0.15) is 0 Å². The number of imidazole rings is 1. The van der Waals surface area contributed by atoms with Crippen LogP contribution in [-0.2, 0) is 17.8 Å². The number of aromatic amines is 1. The minimum atomic E-state index is 0.548. The molecule has 28 heavy (non-hydrogen) atoms. The van der Waals surface area contributed by atoms with Crippen molar-refractivity contribution in [3.63, 3.8) is 0 Å². The number of fused-ring (bicyclic) bond motifs is 5. The van der Waals surface area contributed by atoms with Gasteiger partial charge in [0.25, 0.3) is 0 Å². The standard InChI is InChI=1S/C20H21N5O3/c1-4-27-10-14-16-9-18-20(19-7-12(2)23-28-19)21-11-24(18)15-6-5-13(26-3)8-17(15)25(16)22-14/h5-8,11,22H,4,9-10H2,1-3H3. The Kier molecular flexibility index (Phi) is 3.87. The smallest absolute Gasteiger partial charge is 0.187 e. The lowest BCUT2D eigenvalue weighted by Gasteiger charge is -2.23. The normalized spacial score (nSPS) is 12.4. The third kappa shape index (κ3) is 2.49. The minimum Gasteiger partial charge on any atom is -0.497 e. The van der Waals surface area contributed by atoms with Gasteiger partial charge in [-0.1, -0.05) is 5.16 Å². The maximum absolute atomic E-state index is 5.63. The van der Waals surface area contributed by atoms with Gasteiger partial charge in [-0.3, -0.25) is 14.3 Å². The molecule has 0 fully saturated rings. The quantitative estimate of drug-likeness (QED) is 0.506. The molecule has 0 spiro atoms. The van der Waals surface area contributed by atoms with Crippen LogP contribution >= 0.6 is 0 Å². The summed E-state index contributed by atoms with van der Waals surface area (Å²) in [4.78, 5) is 4.64. The van der Waals surface area contributed by atoms with Crippen LogP contribution in [0.15, 0.2) is 35.1 Å². The second-order valence-electron chi connectivity index (χ2n) is 6.78. The first-order valence-corrected chi connectivity index (χ1v) is 9.24. The van der Waals surface area contributed by atoms with Crippen molar-refractivity contribution in [3.8, 4) is 28.6 Å². The van der Waals surface area contributed by atoms with E-state index in [1.807, 2.05) is 44.4 Å². The fourth-order valence-electron chi connectivity index (χ4n) is 3.66. The highest BCUT2D eigenvalue weighted by Gasteiger charge is 2.28. The minimum absolute atomic E-state index is 0.548. The highest BCUT2D eigenvalue weighted by molar-refractivity contribution is 5.64. The first-order chi connectivity index (χ1) is 13.7. The first kappa shape index (κ1) is 16.9. The molecule has 8 nitrogen and oxygen atoms in total. The van der Waals surface area contributed by atoms with Crippen molar-refractivity contribution < 1.29 is 14.0 Å². The molecule has 1 aromatic carbocycles. The van der Waals surface area contributed by atoms with E-state index >= 15 is 0 Å². The van der Waals surface area contributed by atoms with Gasteiger partial charge in [0.2, 0.25) is 0 Å². The summed E-state index contributed by atoms with van der Waals surface area (Å²) in [5.41, 5.74) is 6.94. The zero-order valence-corrected chi connectivity index (χ0v) is 16.0. The van der Waals surface area contributed by atoms with E-state index in [4.69, 9.17) is 14.0 Å². The van der Waals surface area contributed by atoms with Crippen LogP contribution in [0, 0.1) is 6.92 Å². The summed E-state index contributed by atoms with van der Waals surface area (Å²) in [6.07, 6.45) is 2.53. The summed E-state index contributed by atoms with van der Waals surface area (Å²) in [5, 5.41) is 7.43. The van der Waals surface area contributed by atoms with E-state index < -0.39 is 0 Å². The summed E-state index contributed by atoms with van der Waals surface area (Å²) in [5.74, 6) is 1.47. The molecule has 1 N–H and O–H groups in total. The van der Waals surface area contributed by atoms with Crippen molar-refractivity contribution in [1.82, 2.24) is 24.5 Å². The Labute approximate surface area is 161 Å². The molecule has 4 aromatic rings. The number of aryl methyl sites for hydroxylation is 1. The molecular formula is C20H21N5O3. The highest BCUT2D eigenvalue weighted by atomic mass is 16.5. The molecule has 4 heterocycles. The van der Waals surface area contributed by atoms with Crippen LogP contribution in [0.1, 0.15) is 29.7 Å². The van der Waals surface area contributed by atoms with Crippen LogP contribution in [0.25, 0.3) is 22.8 Å². The van der Waals surface area contributed by atoms with Gasteiger partial charge in [0.15, 0.2) is 5.76 Å². The van der Waals surface area contributed by atoms with Gasteiger partial charge in [-0.05, 0) is 26.0 Å². The maximum Gasteiger partial charge on any atom is 0.187 e. The predicted molar refractivity (Wildman–Crippen MR) is 102 cm³/mol. The van der Waals surface area contributed by atoms with Crippen molar-refractivity contribution >= 4 is 0 Å². The number of hydrogen-bond donors (Lipinski definition) is 1. The first-order valence-electron chi connectivity index (χ1n) is 9.24. The van der Waals surface area contributed by atoms with E-state index in [0.717, 1.165) is 45.6 Å². The van der Waals surface area contributed by atoms with E-state index in [1.165, 1.54) is 0 Å². The van der Waals surface area contributed by atoms with Crippen molar-refractivity contribution in [1.29, 1.82) is 0 Å². The van der Waals surface area contributed by atoms with E-state index in [2.05, 4.69) is 24.5 Å². The monoisotopic (exact) mass is 379 g/mol. The Morgan fingerprint density at radius 3 is 2.86 bits per heavy atom. The zero-order valence-electron chi connectivity index (χ0n) is 16.0. The second-order valence-corrected chi connectivity index (χ2v) is 6.78. The summed E-state index contributed by atoms with van der Waals surface area (Å²) in [6, 6.07) is 7.93. The molecule has 0 radical (unpaired) electrons. The average molecular weight is 379 g/mol. The topological polar surface area (TPSA) is 83.0 Å². The number of H-pyrrole nitrogens is 1. The Morgan fingerprint density at radius 1 is 1.21 bits per heavy atom. The van der Waals surface area contributed by atoms with Gasteiger partial charge in [0, 0.05) is 25.2 Å². The van der Waals surface area contributed by atoms with Gasteiger partial charge in [0.1, 0.15) is 17.8 Å². The van der Waals surface area contributed by atoms with Crippen LogP contribution in [0.2, 0.25) is 0 Å². The number of nitrogens with one attached hydrogen (secondary N) is 1. The van der Waals surface area contributed by atoms with Crippen LogP contribution in [-0.4, -0.2) is 38.2 Å². The van der Waals surface area contributed by atoms with Gasteiger partial charge in [-0.25, -0.2) is 4.98 Å². The zero-order chi connectivity index (χ0) is 19.3.